The number of alkyl carbamates (subject to hydrolysis) is 1. The number of aromatic nitrogens is 1. The van der Waals surface area contributed by atoms with E-state index in [2.05, 4.69) is 31.0 Å². The van der Waals surface area contributed by atoms with Crippen LogP contribution in [0.5, 0.6) is 0 Å². The van der Waals surface area contributed by atoms with Crippen LogP contribution in [0.3, 0.4) is 0 Å². The molecule has 4 N–H and O–H groups in total. The van der Waals surface area contributed by atoms with Gasteiger partial charge in [0.2, 0.25) is 17.7 Å². The number of hydrogen-bond acceptors (Lipinski definition) is 9. The Balaban J connectivity index is 1.93. The minimum atomic E-state index is -1.26. The van der Waals surface area contributed by atoms with Crippen molar-refractivity contribution in [1.82, 2.24) is 15.6 Å². The Morgan fingerprint density at radius 2 is 1.51 bits per heavy atom. The first-order chi connectivity index (χ1) is 20.3. The largest absolute Gasteiger partial charge is 0.464 e. The molecule has 0 saturated carbocycles. The van der Waals surface area contributed by atoms with E-state index in [0.717, 1.165) is 16.9 Å². The number of anilines is 2. The van der Waals surface area contributed by atoms with Gasteiger partial charge in [0.1, 0.15) is 17.7 Å². The van der Waals surface area contributed by atoms with Gasteiger partial charge in [-0.2, -0.15) is 0 Å². The Labute approximate surface area is 253 Å². The van der Waals surface area contributed by atoms with Crippen LogP contribution < -0.4 is 21.3 Å². The molecule has 0 fully saturated rings. The maximum absolute atomic E-state index is 13.8. The highest BCUT2D eigenvalue weighted by Gasteiger charge is 2.33. The number of amides is 4. The van der Waals surface area contributed by atoms with E-state index in [4.69, 9.17) is 4.74 Å². The van der Waals surface area contributed by atoms with Gasteiger partial charge in [0.05, 0.1) is 7.11 Å². The highest BCUT2D eigenvalue weighted by atomic mass is 32.1. The smallest absolute Gasteiger partial charge is 0.408 e. The average molecular weight is 610 g/mol. The van der Waals surface area contributed by atoms with Crippen LogP contribution in [0.25, 0.3) is 0 Å². The van der Waals surface area contributed by atoms with Crippen LogP contribution in [-0.2, 0) is 23.9 Å². The monoisotopic (exact) mass is 609 g/mol. The number of nitrogens with one attached hydrogen (secondary N) is 4. The van der Waals surface area contributed by atoms with E-state index in [1.165, 1.54) is 19.4 Å². The molecule has 12 nitrogen and oxygen atoms in total. The number of ether oxygens (including phenoxy) is 2. The summed E-state index contributed by atoms with van der Waals surface area (Å²) in [5.41, 5.74) is 0.850. The van der Waals surface area contributed by atoms with Crippen LogP contribution in [0.1, 0.15) is 68.2 Å². The SMILES string of the molecule is COC(=O)c1csc(NC(=O)[C@@H](NC(=O)C(NC(=O)OC(C)(C)C)c2ccc(NC(C)=O)cc2)[C@@H](C)c2ccccc2)n1. The molecule has 0 aliphatic heterocycles. The van der Waals surface area contributed by atoms with Gasteiger partial charge < -0.3 is 30.7 Å². The molecule has 3 atom stereocenters. The summed E-state index contributed by atoms with van der Waals surface area (Å²) < 4.78 is 10.1. The van der Waals surface area contributed by atoms with Crippen LogP contribution >= 0.6 is 11.3 Å². The second-order valence-corrected chi connectivity index (χ2v) is 11.4. The zero-order valence-corrected chi connectivity index (χ0v) is 25.5. The molecule has 0 saturated heterocycles. The minimum Gasteiger partial charge on any atom is -0.464 e. The molecule has 0 aliphatic carbocycles. The van der Waals surface area contributed by atoms with Crippen molar-refractivity contribution >= 4 is 51.9 Å². The van der Waals surface area contributed by atoms with E-state index in [-0.39, 0.29) is 16.7 Å². The minimum absolute atomic E-state index is 0.0313. The molecule has 1 aromatic heterocycles. The fourth-order valence-corrected chi connectivity index (χ4v) is 4.69. The number of thiazole rings is 1. The van der Waals surface area contributed by atoms with Gasteiger partial charge in [0, 0.05) is 23.9 Å². The first kappa shape index (κ1) is 32.7. The van der Waals surface area contributed by atoms with Crippen molar-refractivity contribution in [3.8, 4) is 0 Å². The van der Waals surface area contributed by atoms with Crippen molar-refractivity contribution in [2.75, 3.05) is 17.7 Å². The predicted molar refractivity (Wildman–Crippen MR) is 162 cm³/mol. The van der Waals surface area contributed by atoms with E-state index in [9.17, 15) is 24.0 Å². The Morgan fingerprint density at radius 1 is 0.860 bits per heavy atom. The lowest BCUT2D eigenvalue weighted by Gasteiger charge is -2.28. The fourth-order valence-electron chi connectivity index (χ4n) is 4.00. The Bertz CT molecular complexity index is 1450. The van der Waals surface area contributed by atoms with Crippen molar-refractivity contribution in [3.63, 3.8) is 0 Å². The van der Waals surface area contributed by atoms with Gasteiger partial charge in [-0.15, -0.1) is 11.3 Å². The molecule has 13 heteroatoms. The zero-order chi connectivity index (χ0) is 31.7. The number of methoxy groups -OCH3 is 1. The van der Waals surface area contributed by atoms with Crippen molar-refractivity contribution in [2.24, 2.45) is 0 Å². The summed E-state index contributed by atoms with van der Waals surface area (Å²) in [7, 11) is 1.22. The molecule has 0 spiro atoms. The number of esters is 1. The van der Waals surface area contributed by atoms with Gasteiger partial charge in [-0.05, 0) is 44.0 Å². The molecule has 228 valence electrons. The Hall–Kier alpha value is -4.78. The topological polar surface area (TPSA) is 165 Å². The number of nitrogens with zero attached hydrogens (tertiary/aromatic N) is 1. The molecular formula is C30H35N5O7S. The third-order valence-corrected chi connectivity index (χ3v) is 6.78. The number of benzene rings is 2. The number of carbonyl (C=O) groups excluding carboxylic acids is 5. The summed E-state index contributed by atoms with van der Waals surface area (Å²) in [6, 6.07) is 13.1. The number of rotatable bonds is 10. The van der Waals surface area contributed by atoms with Crippen LogP contribution in [0.2, 0.25) is 0 Å². The summed E-state index contributed by atoms with van der Waals surface area (Å²) in [6.45, 7) is 8.22. The third kappa shape index (κ3) is 9.64. The normalized spacial score (nSPS) is 13.1. The first-order valence-electron chi connectivity index (χ1n) is 13.3. The van der Waals surface area contributed by atoms with Crippen LogP contribution in [0.15, 0.2) is 60.0 Å². The third-order valence-electron chi connectivity index (χ3n) is 6.02. The molecular weight excluding hydrogens is 574 g/mol. The van der Waals surface area contributed by atoms with Gasteiger partial charge in [-0.25, -0.2) is 14.6 Å². The highest BCUT2D eigenvalue weighted by Crippen LogP contribution is 2.24. The predicted octanol–water partition coefficient (Wildman–Crippen LogP) is 4.38. The second kappa shape index (κ2) is 14.4. The summed E-state index contributed by atoms with van der Waals surface area (Å²) in [5, 5.41) is 12.3. The summed E-state index contributed by atoms with van der Waals surface area (Å²) in [6.07, 6.45) is -0.839. The molecule has 4 amide bonds. The lowest BCUT2D eigenvalue weighted by atomic mass is 9.92. The maximum Gasteiger partial charge on any atom is 0.408 e. The summed E-state index contributed by atoms with van der Waals surface area (Å²) in [5.74, 6) is -2.71. The van der Waals surface area contributed by atoms with E-state index in [1.54, 1.807) is 52.0 Å². The molecule has 3 rings (SSSR count). The zero-order valence-electron chi connectivity index (χ0n) is 24.7. The molecule has 2 aromatic carbocycles. The molecule has 1 heterocycles. The fraction of sp³-hybridized carbons (Fsp3) is 0.333. The van der Waals surface area contributed by atoms with Crippen molar-refractivity contribution in [2.45, 2.75) is 58.2 Å². The van der Waals surface area contributed by atoms with Crippen molar-refractivity contribution in [1.29, 1.82) is 0 Å². The van der Waals surface area contributed by atoms with Gasteiger partial charge >= 0.3 is 12.1 Å². The van der Waals surface area contributed by atoms with Gasteiger partial charge in [-0.3, -0.25) is 14.4 Å². The van der Waals surface area contributed by atoms with E-state index < -0.39 is 47.5 Å². The van der Waals surface area contributed by atoms with Crippen LogP contribution in [0.4, 0.5) is 15.6 Å². The lowest BCUT2D eigenvalue weighted by Crippen LogP contribution is -2.51. The molecule has 3 aromatic rings. The van der Waals surface area contributed by atoms with Crippen molar-refractivity contribution in [3.05, 3.63) is 76.8 Å². The van der Waals surface area contributed by atoms with Gasteiger partial charge in [-0.1, -0.05) is 49.4 Å². The number of carbonyl (C=O) groups is 5. The first-order valence-corrected chi connectivity index (χ1v) is 14.2. The van der Waals surface area contributed by atoms with Crippen LogP contribution in [0, 0.1) is 0 Å². The maximum atomic E-state index is 13.8. The lowest BCUT2D eigenvalue weighted by molar-refractivity contribution is -0.128. The quantitative estimate of drug-likeness (QED) is 0.246. The number of hydrogen-bond donors (Lipinski definition) is 4. The average Bonchev–Trinajstić information content (AvgIpc) is 3.42. The standard InChI is InChI=1S/C30H35N5O7S/c1-17(19-10-8-7-9-11-19)23(25(37)35-28-32-22(16-43-28)27(39)41-6)33-26(38)24(34-29(40)42-30(3,4)5)20-12-14-21(15-13-20)31-18(2)36/h7-17,23-24H,1-6H3,(H,31,36)(H,33,38)(H,34,40)(H,32,35,37)/t17-,23-,24?/m0/s1. The molecule has 43 heavy (non-hydrogen) atoms. The highest BCUT2D eigenvalue weighted by molar-refractivity contribution is 7.14. The van der Waals surface area contributed by atoms with Crippen LogP contribution in [-0.4, -0.2) is 53.5 Å². The second-order valence-electron chi connectivity index (χ2n) is 10.6. The molecule has 0 aliphatic rings. The van der Waals surface area contributed by atoms with E-state index in [0.29, 0.717) is 11.3 Å². The Kier molecular flexibility index (Phi) is 11.0. The van der Waals surface area contributed by atoms with Gasteiger partial charge in [0.15, 0.2) is 10.8 Å². The van der Waals surface area contributed by atoms with Crippen molar-refractivity contribution < 1.29 is 33.4 Å². The summed E-state index contributed by atoms with van der Waals surface area (Å²) in [4.78, 5) is 67.6. The summed E-state index contributed by atoms with van der Waals surface area (Å²) >= 11 is 1.03. The Morgan fingerprint density at radius 3 is 2.09 bits per heavy atom. The molecule has 1 unspecified atom stereocenters. The van der Waals surface area contributed by atoms with Gasteiger partial charge in [0.25, 0.3) is 0 Å². The molecule has 0 radical (unpaired) electrons. The van der Waals surface area contributed by atoms with E-state index in [1.807, 2.05) is 30.3 Å². The molecule has 0 bridgehead atoms. The van der Waals surface area contributed by atoms with E-state index >= 15 is 0 Å².